The lowest BCUT2D eigenvalue weighted by molar-refractivity contribution is 0.0253. The largest absolute Gasteiger partial charge is 0.457 e. The van der Waals surface area contributed by atoms with Gasteiger partial charge < -0.3 is 34.1 Å². The molecule has 3 aromatic rings. The fourth-order valence-electron chi connectivity index (χ4n) is 4.74. The Morgan fingerprint density at radius 1 is 0.824 bits per heavy atom. The molecule has 13 nitrogen and oxygen atoms in total. The van der Waals surface area contributed by atoms with Crippen molar-refractivity contribution in [1.82, 2.24) is 25.5 Å². The first-order valence-corrected chi connectivity index (χ1v) is 22.0. The number of halogens is 1. The van der Waals surface area contributed by atoms with Gasteiger partial charge in [0.1, 0.15) is 23.1 Å². The van der Waals surface area contributed by atoms with Gasteiger partial charge >= 0.3 is 12.1 Å². The quantitative estimate of drug-likeness (QED) is 0.0658. The first-order valence-electron chi connectivity index (χ1n) is 16.8. The van der Waals surface area contributed by atoms with Gasteiger partial charge in [0, 0.05) is 56.2 Å². The van der Waals surface area contributed by atoms with E-state index in [4.69, 9.17) is 18.5 Å². The van der Waals surface area contributed by atoms with Gasteiger partial charge in [-0.3, -0.25) is 9.13 Å². The van der Waals surface area contributed by atoms with E-state index in [1.807, 2.05) is 57.2 Å². The summed E-state index contributed by atoms with van der Waals surface area (Å²) in [5.41, 5.74) is 2.14. The van der Waals surface area contributed by atoms with Gasteiger partial charge in [-0.05, 0) is 87.0 Å². The molecule has 2 N–H and O–H groups in total. The van der Waals surface area contributed by atoms with Crippen molar-refractivity contribution in [2.24, 2.45) is 0 Å². The molecule has 0 aliphatic carbocycles. The zero-order chi connectivity index (χ0) is 37.7. The number of rotatable bonds is 19. The van der Waals surface area contributed by atoms with Crippen molar-refractivity contribution in [1.29, 1.82) is 0 Å². The van der Waals surface area contributed by atoms with Crippen LogP contribution in [-0.4, -0.2) is 85.3 Å². The SMILES string of the molecule is CCOP(C)(=O)c1cc(I)cc(CNCCN(CCNCc2cc(C(=O)OCc3ccccc3)cc(P(C)(=O)OCC)n2)C(=O)OC(C)(C)C)n1. The summed E-state index contributed by atoms with van der Waals surface area (Å²) in [5, 5.41) is 6.59. The topological polar surface area (TPSA) is 158 Å². The number of aromatic nitrogens is 2. The number of hydrogen-bond donors (Lipinski definition) is 2. The molecule has 1 amide bonds. The summed E-state index contributed by atoms with van der Waals surface area (Å²) in [6.07, 6.45) is -0.461. The highest BCUT2D eigenvalue weighted by Gasteiger charge is 2.25. The van der Waals surface area contributed by atoms with Crippen molar-refractivity contribution in [2.75, 3.05) is 52.7 Å². The highest BCUT2D eigenvalue weighted by molar-refractivity contribution is 14.1. The Hall–Kier alpha value is -2.71. The maximum Gasteiger partial charge on any atom is 0.410 e. The van der Waals surface area contributed by atoms with Gasteiger partial charge in [-0.1, -0.05) is 30.3 Å². The van der Waals surface area contributed by atoms with E-state index in [9.17, 15) is 18.7 Å². The maximum absolute atomic E-state index is 13.3. The zero-order valence-corrected chi connectivity index (χ0v) is 34.4. The predicted molar refractivity (Wildman–Crippen MR) is 208 cm³/mol. The second kappa shape index (κ2) is 19.9. The third kappa shape index (κ3) is 14.7. The number of amides is 1. The standard InChI is InChI=1S/C35H50IN5O8P2/c1-8-47-50(6,44)31-20-27(33(42)46-25-26-13-11-10-12-14-26)19-29(39-31)23-37-15-17-41(34(43)49-35(3,4)5)18-16-38-24-30-21-28(36)22-32(40-30)51(7,45)48-9-2/h10-14,19-22,37-38H,8-9,15-18,23-25H2,1-7H3. The van der Waals surface area contributed by atoms with Crippen molar-refractivity contribution in [3.8, 4) is 0 Å². The van der Waals surface area contributed by atoms with Crippen molar-refractivity contribution >= 4 is 60.3 Å². The highest BCUT2D eigenvalue weighted by Crippen LogP contribution is 2.41. The molecular formula is C35H50IN5O8P2. The van der Waals surface area contributed by atoms with E-state index in [1.165, 1.54) is 12.7 Å². The Balaban J connectivity index is 1.66. The van der Waals surface area contributed by atoms with E-state index in [0.717, 1.165) is 9.13 Å². The van der Waals surface area contributed by atoms with Gasteiger partial charge in [-0.25, -0.2) is 19.6 Å². The summed E-state index contributed by atoms with van der Waals surface area (Å²) in [6.45, 7) is 14.7. The highest BCUT2D eigenvalue weighted by atomic mass is 127. The monoisotopic (exact) mass is 857 g/mol. The Morgan fingerprint density at radius 2 is 1.35 bits per heavy atom. The van der Waals surface area contributed by atoms with Crippen molar-refractivity contribution < 1.29 is 37.2 Å². The number of nitrogens with one attached hydrogen (secondary N) is 2. The maximum atomic E-state index is 13.3. The number of benzene rings is 1. The zero-order valence-electron chi connectivity index (χ0n) is 30.4. The Kier molecular flexibility index (Phi) is 16.7. The van der Waals surface area contributed by atoms with Gasteiger partial charge in [0.05, 0.1) is 30.2 Å². The summed E-state index contributed by atoms with van der Waals surface area (Å²) in [7, 11) is -6.34. The van der Waals surface area contributed by atoms with E-state index < -0.39 is 32.4 Å². The number of carbonyl (C=O) groups is 2. The number of esters is 1. The summed E-state index contributed by atoms with van der Waals surface area (Å²) >= 11 is 2.17. The van der Waals surface area contributed by atoms with E-state index in [1.54, 1.807) is 37.5 Å². The summed E-state index contributed by atoms with van der Waals surface area (Å²) in [6, 6.07) is 16.1. The Labute approximate surface area is 315 Å². The molecule has 0 aliphatic heterocycles. The molecule has 51 heavy (non-hydrogen) atoms. The lowest BCUT2D eigenvalue weighted by Crippen LogP contribution is -2.43. The fourth-order valence-corrected chi connectivity index (χ4v) is 8.25. The molecule has 3 rings (SSSR count). The minimum Gasteiger partial charge on any atom is -0.457 e. The second-order valence-corrected chi connectivity index (χ2v) is 18.8. The van der Waals surface area contributed by atoms with Gasteiger partial charge in [0.15, 0.2) is 0 Å². The minimum absolute atomic E-state index is 0.0897. The van der Waals surface area contributed by atoms with Crippen LogP contribution < -0.4 is 21.5 Å². The molecule has 2 aromatic heterocycles. The molecular weight excluding hydrogens is 807 g/mol. The average Bonchev–Trinajstić information content (AvgIpc) is 3.05. The molecule has 280 valence electrons. The fraction of sp³-hybridized carbons (Fsp3) is 0.486. The lowest BCUT2D eigenvalue weighted by atomic mass is 10.2. The van der Waals surface area contributed by atoms with Crippen LogP contribution in [0.25, 0.3) is 0 Å². The van der Waals surface area contributed by atoms with Crippen LogP contribution in [0.4, 0.5) is 4.79 Å². The van der Waals surface area contributed by atoms with Crippen LogP contribution in [0.5, 0.6) is 0 Å². The van der Waals surface area contributed by atoms with Crippen LogP contribution in [0, 0.1) is 3.57 Å². The third-order valence-corrected chi connectivity index (χ3v) is 11.4. The smallest absolute Gasteiger partial charge is 0.410 e. The van der Waals surface area contributed by atoms with Gasteiger partial charge in [0.2, 0.25) is 14.7 Å². The molecule has 1 aromatic carbocycles. The molecule has 2 heterocycles. The molecule has 16 heteroatoms. The van der Waals surface area contributed by atoms with Crippen LogP contribution in [0.15, 0.2) is 54.6 Å². The first-order chi connectivity index (χ1) is 24.0. The molecule has 2 unspecified atom stereocenters. The summed E-state index contributed by atoms with van der Waals surface area (Å²) in [4.78, 5) is 36.9. The number of ether oxygens (including phenoxy) is 2. The molecule has 0 saturated heterocycles. The van der Waals surface area contributed by atoms with Gasteiger partial charge in [-0.2, -0.15) is 0 Å². The Bertz CT molecular complexity index is 1710. The molecule has 0 radical (unpaired) electrons. The van der Waals surface area contributed by atoms with Crippen molar-refractivity contribution in [3.05, 3.63) is 80.7 Å². The number of nitrogens with zero attached hydrogens (tertiary/aromatic N) is 3. The van der Waals surface area contributed by atoms with Crippen LogP contribution in [0.3, 0.4) is 0 Å². The molecule has 2 atom stereocenters. The predicted octanol–water partition coefficient (Wildman–Crippen LogP) is 5.69. The molecule has 0 spiro atoms. The second-order valence-electron chi connectivity index (χ2n) is 12.8. The van der Waals surface area contributed by atoms with Crippen molar-refractivity contribution in [2.45, 2.75) is 59.9 Å². The van der Waals surface area contributed by atoms with E-state index >= 15 is 0 Å². The number of hydrogen-bond acceptors (Lipinski definition) is 12. The molecule has 0 bridgehead atoms. The normalized spacial score (nSPS) is 14.0. The molecule has 0 aliphatic rings. The van der Waals surface area contributed by atoms with E-state index in [0.29, 0.717) is 56.2 Å². The van der Waals surface area contributed by atoms with Crippen LogP contribution in [-0.2, 0) is 47.3 Å². The summed E-state index contributed by atoms with van der Waals surface area (Å²) in [5.74, 6) is -0.571. The van der Waals surface area contributed by atoms with E-state index in [2.05, 4.69) is 43.2 Å². The molecule has 0 saturated carbocycles. The lowest BCUT2D eigenvalue weighted by Gasteiger charge is -2.27. The van der Waals surface area contributed by atoms with Crippen LogP contribution in [0.2, 0.25) is 0 Å². The molecule has 0 fully saturated rings. The third-order valence-electron chi connectivity index (χ3n) is 7.11. The van der Waals surface area contributed by atoms with Gasteiger partial charge in [0.25, 0.3) is 0 Å². The number of pyridine rings is 2. The van der Waals surface area contributed by atoms with Crippen molar-refractivity contribution in [3.63, 3.8) is 0 Å². The first kappa shape index (κ1) is 42.7. The summed E-state index contributed by atoms with van der Waals surface area (Å²) < 4.78 is 49.3. The average molecular weight is 858 g/mol. The number of carbonyl (C=O) groups excluding carboxylic acids is 2. The van der Waals surface area contributed by atoms with E-state index in [-0.39, 0.29) is 30.8 Å². The van der Waals surface area contributed by atoms with Crippen LogP contribution >= 0.6 is 37.3 Å². The van der Waals surface area contributed by atoms with Crippen LogP contribution in [0.1, 0.15) is 61.9 Å². The Morgan fingerprint density at radius 3 is 1.88 bits per heavy atom. The van der Waals surface area contributed by atoms with Gasteiger partial charge in [-0.15, -0.1) is 0 Å². The minimum atomic E-state index is -3.31.